The first kappa shape index (κ1) is 20.2. The van der Waals surface area contributed by atoms with Crippen LogP contribution in [0.4, 0.5) is 0 Å². The van der Waals surface area contributed by atoms with Gasteiger partial charge in [-0.15, -0.1) is 0 Å². The Labute approximate surface area is 172 Å². The predicted molar refractivity (Wildman–Crippen MR) is 110 cm³/mol. The third kappa shape index (κ3) is 3.83. The zero-order valence-electron chi connectivity index (χ0n) is 16.4. The highest BCUT2D eigenvalue weighted by Gasteiger charge is 2.42. The summed E-state index contributed by atoms with van der Waals surface area (Å²) in [4.78, 5) is 12.9. The Kier molecular flexibility index (Phi) is 5.73. The molecule has 0 aromatic heterocycles. The molecular formula is C21H29ClN2O3S. The van der Waals surface area contributed by atoms with Crippen LogP contribution in [0.2, 0.25) is 5.02 Å². The lowest BCUT2D eigenvalue weighted by molar-refractivity contribution is 0.0915. The Morgan fingerprint density at radius 2 is 1.93 bits per heavy atom. The second-order valence-corrected chi connectivity index (χ2v) is 11.0. The fourth-order valence-electron chi connectivity index (χ4n) is 5.39. The molecule has 0 spiro atoms. The van der Waals surface area contributed by atoms with E-state index >= 15 is 0 Å². The van der Waals surface area contributed by atoms with Crippen molar-refractivity contribution in [2.45, 2.75) is 62.8 Å². The number of halogens is 1. The SMILES string of the molecule is CC(NC(=O)c1ccc(Cl)c(S(=O)(=O)N2CCCCC2)c1)C1CC2CCC1C2. The molecule has 3 aliphatic rings. The Morgan fingerprint density at radius 3 is 2.57 bits per heavy atom. The molecule has 5 nitrogen and oxygen atoms in total. The summed E-state index contributed by atoms with van der Waals surface area (Å²) >= 11 is 6.22. The van der Waals surface area contributed by atoms with Gasteiger partial charge in [-0.1, -0.05) is 24.4 Å². The molecular weight excluding hydrogens is 396 g/mol. The number of benzene rings is 1. The minimum absolute atomic E-state index is 0.0382. The van der Waals surface area contributed by atoms with Crippen molar-refractivity contribution in [1.29, 1.82) is 0 Å². The number of nitrogens with one attached hydrogen (secondary N) is 1. The third-order valence-corrected chi connectivity index (χ3v) is 9.30. The zero-order chi connectivity index (χ0) is 19.9. The largest absolute Gasteiger partial charge is 0.349 e. The van der Waals surface area contributed by atoms with E-state index in [1.165, 1.54) is 42.1 Å². The quantitative estimate of drug-likeness (QED) is 0.774. The molecule has 2 bridgehead atoms. The molecule has 154 valence electrons. The Balaban J connectivity index is 1.50. The van der Waals surface area contributed by atoms with E-state index in [-0.39, 0.29) is 21.9 Å². The van der Waals surface area contributed by atoms with E-state index < -0.39 is 10.0 Å². The number of amides is 1. The topological polar surface area (TPSA) is 66.5 Å². The van der Waals surface area contributed by atoms with Crippen LogP contribution in [-0.2, 0) is 10.0 Å². The molecule has 1 heterocycles. The van der Waals surface area contributed by atoms with Gasteiger partial charge in [-0.05, 0) is 75.0 Å². The number of fused-ring (bicyclic) bond motifs is 2. The van der Waals surface area contributed by atoms with Crippen LogP contribution in [0.1, 0.15) is 62.2 Å². The third-order valence-electron chi connectivity index (χ3n) is 6.92. The van der Waals surface area contributed by atoms with Gasteiger partial charge in [-0.25, -0.2) is 8.42 Å². The van der Waals surface area contributed by atoms with Crippen molar-refractivity contribution >= 4 is 27.5 Å². The van der Waals surface area contributed by atoms with E-state index in [0.29, 0.717) is 24.6 Å². The van der Waals surface area contributed by atoms with E-state index in [2.05, 4.69) is 12.2 Å². The smallest absolute Gasteiger partial charge is 0.251 e. The molecule has 28 heavy (non-hydrogen) atoms. The van der Waals surface area contributed by atoms with Gasteiger partial charge >= 0.3 is 0 Å². The number of piperidine rings is 1. The number of nitrogens with zero attached hydrogens (tertiary/aromatic N) is 1. The summed E-state index contributed by atoms with van der Waals surface area (Å²) in [7, 11) is -3.68. The average Bonchev–Trinajstić information content (AvgIpc) is 3.32. The van der Waals surface area contributed by atoms with E-state index in [1.807, 2.05) is 0 Å². The monoisotopic (exact) mass is 424 g/mol. The molecule has 1 amide bonds. The van der Waals surface area contributed by atoms with Crippen LogP contribution in [0.15, 0.2) is 23.1 Å². The second-order valence-electron chi connectivity index (χ2n) is 8.71. The van der Waals surface area contributed by atoms with E-state index in [4.69, 9.17) is 11.6 Å². The molecule has 7 heteroatoms. The molecule has 4 rings (SSSR count). The molecule has 3 fully saturated rings. The van der Waals surface area contributed by atoms with Gasteiger partial charge in [-0.3, -0.25) is 4.79 Å². The Bertz CT molecular complexity index is 851. The first-order valence-electron chi connectivity index (χ1n) is 10.5. The van der Waals surface area contributed by atoms with Gasteiger partial charge < -0.3 is 5.32 Å². The lowest BCUT2D eigenvalue weighted by Gasteiger charge is -2.29. The normalized spacial score (nSPS) is 29.0. The molecule has 2 aliphatic carbocycles. The van der Waals surface area contributed by atoms with Crippen molar-refractivity contribution in [1.82, 2.24) is 9.62 Å². The van der Waals surface area contributed by atoms with Crippen molar-refractivity contribution in [2.24, 2.45) is 17.8 Å². The molecule has 1 saturated heterocycles. The summed E-state index contributed by atoms with van der Waals surface area (Å²) in [6.07, 6.45) is 7.86. The summed E-state index contributed by atoms with van der Waals surface area (Å²) in [5.74, 6) is 1.86. The van der Waals surface area contributed by atoms with Gasteiger partial charge in [0.05, 0.1) is 5.02 Å². The van der Waals surface area contributed by atoms with Crippen LogP contribution in [0.25, 0.3) is 0 Å². The van der Waals surface area contributed by atoms with Gasteiger partial charge in [0.25, 0.3) is 5.91 Å². The van der Waals surface area contributed by atoms with Crippen LogP contribution < -0.4 is 5.32 Å². The summed E-state index contributed by atoms with van der Waals surface area (Å²) in [6.45, 7) is 3.09. The van der Waals surface area contributed by atoms with E-state index in [0.717, 1.165) is 31.1 Å². The van der Waals surface area contributed by atoms with Crippen LogP contribution in [0.3, 0.4) is 0 Å². The summed E-state index contributed by atoms with van der Waals surface area (Å²) < 4.78 is 27.5. The van der Waals surface area contributed by atoms with Crippen LogP contribution in [-0.4, -0.2) is 37.8 Å². The predicted octanol–water partition coefficient (Wildman–Crippen LogP) is 4.07. The molecule has 1 aromatic carbocycles. The number of hydrogen-bond donors (Lipinski definition) is 1. The molecule has 0 radical (unpaired) electrons. The lowest BCUT2D eigenvalue weighted by atomic mass is 9.84. The number of hydrogen-bond acceptors (Lipinski definition) is 3. The summed E-state index contributed by atoms with van der Waals surface area (Å²) in [6, 6.07) is 4.67. The standard InChI is InChI=1S/C21H29ClN2O3S/c1-14(18-12-15-5-6-16(18)11-15)23-21(25)17-7-8-19(22)20(13-17)28(26,27)24-9-3-2-4-10-24/h7-8,13-16,18H,2-6,9-12H2,1H3,(H,23,25). The van der Waals surface area contributed by atoms with Crippen molar-refractivity contribution < 1.29 is 13.2 Å². The molecule has 1 N–H and O–H groups in total. The summed E-state index contributed by atoms with van der Waals surface area (Å²) in [5, 5.41) is 3.28. The van der Waals surface area contributed by atoms with E-state index in [1.54, 1.807) is 6.07 Å². The Hall–Kier alpha value is -1.11. The highest BCUT2D eigenvalue weighted by Crippen LogP contribution is 2.49. The number of sulfonamides is 1. The molecule has 4 unspecified atom stereocenters. The first-order chi connectivity index (χ1) is 13.4. The van der Waals surface area contributed by atoms with Crippen molar-refractivity contribution in [3.63, 3.8) is 0 Å². The number of rotatable bonds is 5. The molecule has 1 aliphatic heterocycles. The fraction of sp³-hybridized carbons (Fsp3) is 0.667. The highest BCUT2D eigenvalue weighted by molar-refractivity contribution is 7.89. The lowest BCUT2D eigenvalue weighted by Crippen LogP contribution is -2.40. The van der Waals surface area contributed by atoms with Gasteiger partial charge in [0.15, 0.2) is 0 Å². The van der Waals surface area contributed by atoms with Crippen molar-refractivity contribution in [2.75, 3.05) is 13.1 Å². The first-order valence-corrected chi connectivity index (χ1v) is 12.3. The van der Waals surface area contributed by atoms with Gasteiger partial charge in [0.2, 0.25) is 10.0 Å². The zero-order valence-corrected chi connectivity index (χ0v) is 17.9. The van der Waals surface area contributed by atoms with Gasteiger partial charge in [-0.2, -0.15) is 4.31 Å². The number of carbonyl (C=O) groups excluding carboxylic acids is 1. The minimum atomic E-state index is -3.68. The van der Waals surface area contributed by atoms with E-state index in [9.17, 15) is 13.2 Å². The van der Waals surface area contributed by atoms with Crippen LogP contribution in [0, 0.1) is 17.8 Å². The summed E-state index contributed by atoms with van der Waals surface area (Å²) in [5.41, 5.74) is 0.356. The van der Waals surface area contributed by atoms with Crippen LogP contribution >= 0.6 is 11.6 Å². The molecule has 2 saturated carbocycles. The molecule has 4 atom stereocenters. The maximum absolute atomic E-state index is 13.0. The Morgan fingerprint density at radius 1 is 1.18 bits per heavy atom. The number of carbonyl (C=O) groups is 1. The maximum atomic E-state index is 13.0. The molecule has 1 aromatic rings. The van der Waals surface area contributed by atoms with Crippen molar-refractivity contribution in [3.05, 3.63) is 28.8 Å². The average molecular weight is 425 g/mol. The van der Waals surface area contributed by atoms with Gasteiger partial charge in [0.1, 0.15) is 4.90 Å². The maximum Gasteiger partial charge on any atom is 0.251 e. The highest BCUT2D eigenvalue weighted by atomic mass is 35.5. The van der Waals surface area contributed by atoms with Gasteiger partial charge in [0, 0.05) is 24.7 Å². The fourth-order valence-corrected chi connectivity index (χ4v) is 7.41. The minimum Gasteiger partial charge on any atom is -0.349 e. The second kappa shape index (κ2) is 7.96. The van der Waals surface area contributed by atoms with Crippen LogP contribution in [0.5, 0.6) is 0 Å². The van der Waals surface area contributed by atoms with Crippen molar-refractivity contribution in [3.8, 4) is 0 Å².